The van der Waals surface area contributed by atoms with Gasteiger partial charge in [-0.3, -0.25) is 4.68 Å². The van der Waals surface area contributed by atoms with Crippen molar-refractivity contribution in [2.75, 3.05) is 12.3 Å². The van der Waals surface area contributed by atoms with Crippen LogP contribution in [0, 0.1) is 0 Å². The number of nitrogen functional groups attached to an aromatic ring is 1. The van der Waals surface area contributed by atoms with Gasteiger partial charge in [0.25, 0.3) is 0 Å². The third-order valence-corrected chi connectivity index (χ3v) is 2.00. The minimum Gasteiger partial charge on any atom is -0.396 e. The Balaban J connectivity index is 2.77. The van der Waals surface area contributed by atoms with Gasteiger partial charge in [-0.1, -0.05) is 0 Å². The van der Waals surface area contributed by atoms with E-state index in [1.54, 1.807) is 13.2 Å². The highest BCUT2D eigenvalue weighted by atomic mass is 16.3. The van der Waals surface area contributed by atoms with E-state index in [0.29, 0.717) is 5.56 Å². The van der Waals surface area contributed by atoms with Gasteiger partial charge in [0.15, 0.2) is 5.82 Å². The van der Waals surface area contributed by atoms with E-state index in [9.17, 15) is 10.2 Å². The van der Waals surface area contributed by atoms with Crippen molar-refractivity contribution in [1.82, 2.24) is 9.78 Å². The van der Waals surface area contributed by atoms with E-state index in [0.717, 1.165) is 0 Å². The molecule has 1 aromatic rings. The Morgan fingerprint density at radius 1 is 1.57 bits per heavy atom. The van der Waals surface area contributed by atoms with Gasteiger partial charge in [-0.25, -0.2) is 0 Å². The summed E-state index contributed by atoms with van der Waals surface area (Å²) in [4.78, 5) is 0. The summed E-state index contributed by atoms with van der Waals surface area (Å²) < 4.78 is 1.46. The molecule has 1 rings (SSSR count). The van der Waals surface area contributed by atoms with Gasteiger partial charge in [-0.15, -0.1) is 0 Å². The molecule has 2 unspecified atom stereocenters. The van der Waals surface area contributed by atoms with Gasteiger partial charge < -0.3 is 21.1 Å². The van der Waals surface area contributed by atoms with Crippen LogP contribution in [0.2, 0.25) is 0 Å². The number of rotatable bonds is 4. The lowest BCUT2D eigenvalue weighted by Gasteiger charge is -2.15. The Labute approximate surface area is 81.6 Å². The number of nitrogens with two attached hydrogens (primary N) is 1. The molecule has 5 N–H and O–H groups in total. The van der Waals surface area contributed by atoms with Gasteiger partial charge in [0.05, 0.1) is 6.10 Å². The van der Waals surface area contributed by atoms with Crippen molar-refractivity contribution in [3.8, 4) is 0 Å². The van der Waals surface area contributed by atoms with E-state index >= 15 is 0 Å². The molecule has 0 saturated heterocycles. The average molecular weight is 201 g/mol. The number of aryl methyl sites for hydroxylation is 1. The molecular weight excluding hydrogens is 186 g/mol. The number of aromatic nitrogens is 2. The second kappa shape index (κ2) is 4.41. The lowest BCUT2D eigenvalue weighted by molar-refractivity contribution is 0.00456. The van der Waals surface area contributed by atoms with Gasteiger partial charge in [0.2, 0.25) is 0 Å². The number of hydrogen-bond acceptors (Lipinski definition) is 5. The molecule has 0 bridgehead atoms. The van der Waals surface area contributed by atoms with Gasteiger partial charge in [0.1, 0.15) is 6.10 Å². The molecule has 1 aromatic heterocycles. The van der Waals surface area contributed by atoms with Crippen LogP contribution in [0.15, 0.2) is 6.20 Å². The molecular formula is C8H15N3O3. The number of aliphatic hydroxyl groups is 3. The maximum Gasteiger partial charge on any atom is 0.151 e. The van der Waals surface area contributed by atoms with Crippen molar-refractivity contribution in [3.63, 3.8) is 0 Å². The maximum absolute atomic E-state index is 9.62. The smallest absolute Gasteiger partial charge is 0.151 e. The van der Waals surface area contributed by atoms with Crippen LogP contribution in [0.1, 0.15) is 18.1 Å². The van der Waals surface area contributed by atoms with E-state index in [-0.39, 0.29) is 18.8 Å². The van der Waals surface area contributed by atoms with E-state index in [1.807, 2.05) is 0 Å². The van der Waals surface area contributed by atoms with Crippen LogP contribution in [-0.4, -0.2) is 37.8 Å². The molecule has 0 radical (unpaired) electrons. The van der Waals surface area contributed by atoms with E-state index < -0.39 is 12.2 Å². The fourth-order valence-corrected chi connectivity index (χ4v) is 1.25. The maximum atomic E-state index is 9.62. The summed E-state index contributed by atoms with van der Waals surface area (Å²) in [5, 5.41) is 31.4. The normalized spacial score (nSPS) is 15.4. The molecule has 0 fully saturated rings. The Kier molecular flexibility index (Phi) is 3.45. The second-order valence-corrected chi connectivity index (χ2v) is 3.17. The van der Waals surface area contributed by atoms with Gasteiger partial charge in [-0.05, 0) is 6.42 Å². The van der Waals surface area contributed by atoms with Crippen molar-refractivity contribution in [2.24, 2.45) is 7.05 Å². The molecule has 0 aliphatic carbocycles. The van der Waals surface area contributed by atoms with Crippen LogP contribution in [0.4, 0.5) is 5.82 Å². The highest BCUT2D eigenvalue weighted by Crippen LogP contribution is 2.22. The molecule has 2 atom stereocenters. The zero-order chi connectivity index (χ0) is 10.7. The van der Waals surface area contributed by atoms with Crippen LogP contribution < -0.4 is 5.73 Å². The van der Waals surface area contributed by atoms with E-state index in [1.165, 1.54) is 4.68 Å². The fourth-order valence-electron chi connectivity index (χ4n) is 1.25. The predicted octanol–water partition coefficient (Wildman–Crippen LogP) is -1.22. The van der Waals surface area contributed by atoms with Gasteiger partial charge >= 0.3 is 0 Å². The Hall–Kier alpha value is -1.11. The highest BCUT2D eigenvalue weighted by molar-refractivity contribution is 5.39. The van der Waals surface area contributed by atoms with E-state index in [4.69, 9.17) is 10.8 Å². The molecule has 0 spiro atoms. The van der Waals surface area contributed by atoms with Crippen molar-refractivity contribution in [3.05, 3.63) is 11.8 Å². The Morgan fingerprint density at radius 2 is 2.21 bits per heavy atom. The predicted molar refractivity (Wildman–Crippen MR) is 50.3 cm³/mol. The number of anilines is 1. The molecule has 6 heteroatoms. The molecule has 0 aliphatic rings. The lowest BCUT2D eigenvalue weighted by atomic mass is 10.1. The van der Waals surface area contributed by atoms with Crippen LogP contribution in [0.25, 0.3) is 0 Å². The first-order valence-corrected chi connectivity index (χ1v) is 4.32. The number of hydrogen-bond donors (Lipinski definition) is 4. The molecule has 0 aromatic carbocycles. The molecule has 6 nitrogen and oxygen atoms in total. The van der Waals surface area contributed by atoms with Crippen LogP contribution in [0.3, 0.4) is 0 Å². The fraction of sp³-hybridized carbons (Fsp3) is 0.625. The molecule has 1 heterocycles. The third kappa shape index (κ3) is 2.22. The largest absolute Gasteiger partial charge is 0.396 e. The number of aliphatic hydroxyl groups excluding tert-OH is 3. The standard InChI is InChI=1S/C8H15N3O3/c1-11-4-5(8(9)10-11)7(14)6(13)2-3-12/h4,6-7,12-14H,2-3H2,1H3,(H2,9,10). The lowest BCUT2D eigenvalue weighted by Crippen LogP contribution is -2.20. The minimum atomic E-state index is -1.10. The van der Waals surface area contributed by atoms with Crippen LogP contribution in [0.5, 0.6) is 0 Å². The zero-order valence-corrected chi connectivity index (χ0v) is 7.96. The molecule has 0 aliphatic heterocycles. The summed E-state index contributed by atoms with van der Waals surface area (Å²) in [6, 6.07) is 0. The summed E-state index contributed by atoms with van der Waals surface area (Å²) in [7, 11) is 1.67. The summed E-state index contributed by atoms with van der Waals surface area (Å²) in [6.07, 6.45) is -0.474. The topological polar surface area (TPSA) is 105 Å². The van der Waals surface area contributed by atoms with Gasteiger partial charge in [-0.2, -0.15) is 5.10 Å². The SMILES string of the molecule is Cn1cc(C(O)C(O)CCO)c(N)n1. The second-order valence-electron chi connectivity index (χ2n) is 3.17. The quantitative estimate of drug-likeness (QED) is 0.488. The van der Waals surface area contributed by atoms with Gasteiger partial charge in [0, 0.05) is 25.4 Å². The first-order chi connectivity index (χ1) is 6.56. The van der Waals surface area contributed by atoms with Crippen molar-refractivity contribution in [1.29, 1.82) is 0 Å². The summed E-state index contributed by atoms with van der Waals surface area (Å²) in [6.45, 7) is -0.182. The minimum absolute atomic E-state index is 0.107. The van der Waals surface area contributed by atoms with Crippen molar-refractivity contribution >= 4 is 5.82 Å². The van der Waals surface area contributed by atoms with Crippen molar-refractivity contribution < 1.29 is 15.3 Å². The van der Waals surface area contributed by atoms with Crippen LogP contribution >= 0.6 is 0 Å². The number of nitrogens with zero attached hydrogens (tertiary/aromatic N) is 2. The Bertz CT molecular complexity index is 300. The summed E-state index contributed by atoms with van der Waals surface area (Å²) >= 11 is 0. The Morgan fingerprint density at radius 3 is 2.64 bits per heavy atom. The molecule has 14 heavy (non-hydrogen) atoms. The average Bonchev–Trinajstić information content (AvgIpc) is 2.44. The first kappa shape index (κ1) is 11.0. The first-order valence-electron chi connectivity index (χ1n) is 4.32. The van der Waals surface area contributed by atoms with Crippen LogP contribution in [-0.2, 0) is 7.05 Å². The molecule has 0 saturated carbocycles. The monoisotopic (exact) mass is 201 g/mol. The third-order valence-electron chi connectivity index (χ3n) is 2.00. The molecule has 0 amide bonds. The van der Waals surface area contributed by atoms with E-state index in [2.05, 4.69) is 5.10 Å². The summed E-state index contributed by atoms with van der Waals surface area (Å²) in [5.74, 6) is 0.192. The van der Waals surface area contributed by atoms with Crippen molar-refractivity contribution in [2.45, 2.75) is 18.6 Å². The highest BCUT2D eigenvalue weighted by Gasteiger charge is 2.21. The summed E-state index contributed by atoms with van der Waals surface area (Å²) in [5.41, 5.74) is 5.89. The zero-order valence-electron chi connectivity index (χ0n) is 7.96. The molecule has 80 valence electrons.